The van der Waals surface area contributed by atoms with Crippen LogP contribution in [0.1, 0.15) is 52.0 Å². The summed E-state index contributed by atoms with van der Waals surface area (Å²) in [7, 11) is -3.91. The van der Waals surface area contributed by atoms with E-state index in [1.165, 1.54) is 12.1 Å². The molecule has 2 aromatic carbocycles. The summed E-state index contributed by atoms with van der Waals surface area (Å²) in [5, 5.41) is 4.32. The number of hydrogen-bond acceptors (Lipinski definition) is 4. The number of benzene rings is 2. The zero-order chi connectivity index (χ0) is 23.4. The number of amides is 1. The summed E-state index contributed by atoms with van der Waals surface area (Å²) < 4.78 is 27.9. The van der Waals surface area contributed by atoms with Crippen molar-refractivity contribution >= 4 is 27.3 Å². The van der Waals surface area contributed by atoms with E-state index in [4.69, 9.17) is 0 Å². The fraction of sp³-hybridized carbons (Fsp3) is 0.440. The minimum Gasteiger partial charge on any atom is -0.271 e. The fourth-order valence-electron chi connectivity index (χ4n) is 4.10. The Morgan fingerprint density at radius 3 is 2.22 bits per heavy atom. The van der Waals surface area contributed by atoms with Crippen LogP contribution in [0.15, 0.2) is 64.6 Å². The second-order valence-electron chi connectivity index (χ2n) is 9.46. The van der Waals surface area contributed by atoms with Crippen LogP contribution in [-0.4, -0.2) is 26.6 Å². The Morgan fingerprint density at radius 2 is 1.62 bits per heavy atom. The zero-order valence-corrected chi connectivity index (χ0v) is 20.2. The van der Waals surface area contributed by atoms with Gasteiger partial charge in [0, 0.05) is 5.71 Å². The second-order valence-corrected chi connectivity index (χ2v) is 11.3. The minimum absolute atomic E-state index is 0.142. The predicted molar refractivity (Wildman–Crippen MR) is 129 cm³/mol. The van der Waals surface area contributed by atoms with Gasteiger partial charge in [-0.15, -0.1) is 0 Å². The summed E-state index contributed by atoms with van der Waals surface area (Å²) in [6, 6.07) is 15.3. The topological polar surface area (TPSA) is 78.8 Å². The molecule has 1 aliphatic rings. The molecule has 0 aromatic heterocycles. The fourth-order valence-corrected chi connectivity index (χ4v) is 5.61. The molecule has 1 saturated carbocycles. The summed E-state index contributed by atoms with van der Waals surface area (Å²) in [5.74, 6) is 0.183. The monoisotopic (exact) mass is 455 g/mol. The highest BCUT2D eigenvalue weighted by molar-refractivity contribution is 7.92. The molecule has 1 amide bonds. The molecule has 0 unspecified atom stereocenters. The van der Waals surface area contributed by atoms with E-state index < -0.39 is 15.9 Å². The van der Waals surface area contributed by atoms with Gasteiger partial charge in [-0.3, -0.25) is 9.10 Å². The van der Waals surface area contributed by atoms with Crippen molar-refractivity contribution in [1.29, 1.82) is 0 Å². The number of hydrazone groups is 1. The molecule has 2 aromatic rings. The lowest BCUT2D eigenvalue weighted by Crippen LogP contribution is -2.40. The van der Waals surface area contributed by atoms with E-state index in [2.05, 4.69) is 31.3 Å². The van der Waals surface area contributed by atoms with Gasteiger partial charge in [-0.1, -0.05) is 57.2 Å². The largest absolute Gasteiger partial charge is 0.271 e. The first-order chi connectivity index (χ1) is 15.1. The predicted octanol–water partition coefficient (Wildman–Crippen LogP) is 4.90. The highest BCUT2D eigenvalue weighted by Crippen LogP contribution is 2.36. The molecule has 0 aliphatic heterocycles. The Hall–Kier alpha value is -2.67. The Bertz CT molecular complexity index is 1060. The molecule has 0 atom stereocenters. The van der Waals surface area contributed by atoms with Gasteiger partial charge >= 0.3 is 0 Å². The van der Waals surface area contributed by atoms with E-state index in [0.717, 1.165) is 41.3 Å². The first-order valence-corrected chi connectivity index (χ1v) is 12.5. The van der Waals surface area contributed by atoms with E-state index >= 15 is 0 Å². The number of hydrogen-bond donors (Lipinski definition) is 1. The van der Waals surface area contributed by atoms with Crippen molar-refractivity contribution in [2.45, 2.75) is 58.3 Å². The van der Waals surface area contributed by atoms with Gasteiger partial charge in [-0.05, 0) is 67.7 Å². The van der Waals surface area contributed by atoms with E-state index in [0.29, 0.717) is 11.6 Å². The molecule has 1 N–H and O–H groups in total. The SMILES string of the molecule is Cc1ccccc1N(CC(=O)NN=C1CCC(C(C)(C)C)CC1)S(=O)(=O)c1ccccc1. The molecule has 172 valence electrons. The molecular weight excluding hydrogens is 422 g/mol. The van der Waals surface area contributed by atoms with E-state index in [9.17, 15) is 13.2 Å². The Labute approximate surface area is 191 Å². The number of nitrogens with one attached hydrogen (secondary N) is 1. The average molecular weight is 456 g/mol. The average Bonchev–Trinajstić information content (AvgIpc) is 2.77. The van der Waals surface area contributed by atoms with Crippen LogP contribution < -0.4 is 9.73 Å². The lowest BCUT2D eigenvalue weighted by molar-refractivity contribution is -0.119. The highest BCUT2D eigenvalue weighted by Gasteiger charge is 2.29. The minimum atomic E-state index is -3.91. The molecule has 0 heterocycles. The first kappa shape index (κ1) is 24.0. The molecule has 1 aliphatic carbocycles. The first-order valence-electron chi connectivity index (χ1n) is 11.1. The number of carbonyl (C=O) groups excluding carboxylic acids is 1. The molecule has 32 heavy (non-hydrogen) atoms. The number of rotatable bonds is 6. The van der Waals surface area contributed by atoms with Gasteiger partial charge in [-0.2, -0.15) is 5.10 Å². The molecule has 1 fully saturated rings. The second kappa shape index (κ2) is 9.86. The van der Waals surface area contributed by atoms with Crippen LogP contribution in [0.25, 0.3) is 0 Å². The van der Waals surface area contributed by atoms with E-state index in [1.807, 2.05) is 19.1 Å². The Balaban J connectivity index is 1.76. The summed E-state index contributed by atoms with van der Waals surface area (Å²) >= 11 is 0. The number of sulfonamides is 1. The number of anilines is 1. The summed E-state index contributed by atoms with van der Waals surface area (Å²) in [6.07, 6.45) is 3.81. The molecule has 7 heteroatoms. The number of aryl methyl sites for hydroxylation is 1. The molecular formula is C25H33N3O3S. The maximum absolute atomic E-state index is 13.4. The van der Waals surface area contributed by atoms with E-state index in [-0.39, 0.29) is 16.9 Å². The van der Waals surface area contributed by atoms with Crippen LogP contribution in [0.4, 0.5) is 5.69 Å². The van der Waals surface area contributed by atoms with Crippen LogP contribution in [0, 0.1) is 18.3 Å². The van der Waals surface area contributed by atoms with Crippen molar-refractivity contribution in [2.24, 2.45) is 16.4 Å². The normalized spacial score (nSPS) is 17.0. The summed E-state index contributed by atoms with van der Waals surface area (Å²) in [5.41, 5.74) is 5.08. The molecule has 0 spiro atoms. The van der Waals surface area contributed by atoms with Gasteiger partial charge < -0.3 is 0 Å². The smallest absolute Gasteiger partial charge is 0.264 e. The van der Waals surface area contributed by atoms with E-state index in [1.54, 1.807) is 30.3 Å². The summed E-state index contributed by atoms with van der Waals surface area (Å²) in [6.45, 7) is 8.26. The van der Waals surface area contributed by atoms with Crippen molar-refractivity contribution in [3.8, 4) is 0 Å². The van der Waals surface area contributed by atoms with Gasteiger partial charge in [0.1, 0.15) is 6.54 Å². The standard InChI is InChI=1S/C25H33N3O3S/c1-19-10-8-9-13-23(19)28(32(30,31)22-11-6-5-7-12-22)18-24(29)27-26-21-16-14-20(15-17-21)25(2,3)4/h5-13,20H,14-18H2,1-4H3,(H,27,29). The maximum atomic E-state index is 13.4. The molecule has 0 radical (unpaired) electrons. The third-order valence-electron chi connectivity index (χ3n) is 6.13. The zero-order valence-electron chi connectivity index (χ0n) is 19.3. The van der Waals surface area contributed by atoms with Crippen molar-refractivity contribution in [3.63, 3.8) is 0 Å². The maximum Gasteiger partial charge on any atom is 0.264 e. The Morgan fingerprint density at radius 1 is 1.03 bits per heavy atom. The van der Waals surface area contributed by atoms with Crippen molar-refractivity contribution < 1.29 is 13.2 Å². The number of nitrogens with zero attached hydrogens (tertiary/aromatic N) is 2. The molecule has 0 saturated heterocycles. The van der Waals surface area contributed by atoms with Crippen molar-refractivity contribution in [1.82, 2.24) is 5.43 Å². The van der Waals surface area contributed by atoms with Crippen molar-refractivity contribution in [3.05, 3.63) is 60.2 Å². The van der Waals surface area contributed by atoms with Gasteiger partial charge in [0.25, 0.3) is 15.9 Å². The lowest BCUT2D eigenvalue weighted by atomic mass is 9.72. The highest BCUT2D eigenvalue weighted by atomic mass is 32.2. The van der Waals surface area contributed by atoms with Gasteiger partial charge in [0.2, 0.25) is 0 Å². The van der Waals surface area contributed by atoms with Crippen LogP contribution in [0.5, 0.6) is 0 Å². The van der Waals surface area contributed by atoms with Crippen LogP contribution in [0.2, 0.25) is 0 Å². The molecule has 6 nitrogen and oxygen atoms in total. The number of para-hydroxylation sites is 1. The third-order valence-corrected chi connectivity index (χ3v) is 7.90. The van der Waals surface area contributed by atoms with Gasteiger partial charge in [-0.25, -0.2) is 13.8 Å². The number of carbonyl (C=O) groups is 1. The Kier molecular flexibility index (Phi) is 7.39. The van der Waals surface area contributed by atoms with Crippen LogP contribution in [0.3, 0.4) is 0 Å². The third kappa shape index (κ3) is 5.76. The van der Waals surface area contributed by atoms with Gasteiger partial charge in [0.15, 0.2) is 0 Å². The van der Waals surface area contributed by atoms with Crippen LogP contribution in [-0.2, 0) is 14.8 Å². The quantitative estimate of drug-likeness (QED) is 0.629. The van der Waals surface area contributed by atoms with Crippen molar-refractivity contribution in [2.75, 3.05) is 10.8 Å². The van der Waals surface area contributed by atoms with Crippen LogP contribution >= 0.6 is 0 Å². The lowest BCUT2D eigenvalue weighted by Gasteiger charge is -2.34. The molecule has 0 bridgehead atoms. The van der Waals surface area contributed by atoms with Gasteiger partial charge in [0.05, 0.1) is 10.6 Å². The summed E-state index contributed by atoms with van der Waals surface area (Å²) in [4.78, 5) is 12.9. The molecule has 3 rings (SSSR count).